The van der Waals surface area contributed by atoms with Gasteiger partial charge in [-0.15, -0.1) is 0 Å². The van der Waals surface area contributed by atoms with Gasteiger partial charge in [0.25, 0.3) is 0 Å². The van der Waals surface area contributed by atoms with Crippen molar-refractivity contribution in [1.82, 2.24) is 9.88 Å². The van der Waals surface area contributed by atoms with E-state index in [1.807, 2.05) is 24.3 Å². The lowest BCUT2D eigenvalue weighted by Crippen LogP contribution is -2.29. The van der Waals surface area contributed by atoms with E-state index in [1.54, 1.807) is 24.0 Å². The van der Waals surface area contributed by atoms with Gasteiger partial charge in [-0.05, 0) is 37.1 Å². The monoisotopic (exact) mass is 382 g/mol. The molecule has 0 saturated carbocycles. The standard InChI is InChI=1S/C21H23FN4S/c1-14-13-26-20(19(24-21(26)27-14)18-6-2-3-9-23-18)16-8-7-15(12-17(16)22)25-10-4-5-11-25/h2-3,6-9,12,14,19-20H,4-5,10-11,13H2,1H3/t14-,19-,20+/m1/s1. The first-order valence-electron chi connectivity index (χ1n) is 9.67. The zero-order valence-electron chi connectivity index (χ0n) is 15.4. The summed E-state index contributed by atoms with van der Waals surface area (Å²) in [6.07, 6.45) is 4.17. The highest BCUT2D eigenvalue weighted by Crippen LogP contribution is 2.48. The Hall–Kier alpha value is -2.08. The number of aliphatic imine (C=N–C) groups is 1. The van der Waals surface area contributed by atoms with Crippen LogP contribution in [0.5, 0.6) is 0 Å². The van der Waals surface area contributed by atoms with Crippen LogP contribution in [0.1, 0.15) is 43.1 Å². The Morgan fingerprint density at radius 2 is 2.00 bits per heavy atom. The Morgan fingerprint density at radius 3 is 2.74 bits per heavy atom. The van der Waals surface area contributed by atoms with Gasteiger partial charge in [-0.1, -0.05) is 30.8 Å². The molecule has 0 unspecified atom stereocenters. The maximum atomic E-state index is 15.3. The molecule has 27 heavy (non-hydrogen) atoms. The van der Waals surface area contributed by atoms with Gasteiger partial charge < -0.3 is 9.80 Å². The van der Waals surface area contributed by atoms with Crippen LogP contribution in [0.3, 0.4) is 0 Å². The summed E-state index contributed by atoms with van der Waals surface area (Å²) >= 11 is 1.78. The average molecular weight is 383 g/mol. The molecule has 0 bridgehead atoms. The Kier molecular flexibility index (Phi) is 4.31. The summed E-state index contributed by atoms with van der Waals surface area (Å²) in [6, 6.07) is 11.3. The average Bonchev–Trinajstić information content (AvgIpc) is 3.39. The van der Waals surface area contributed by atoms with E-state index in [2.05, 4.69) is 27.8 Å². The lowest BCUT2D eigenvalue weighted by molar-refractivity contribution is 0.313. The van der Waals surface area contributed by atoms with Crippen molar-refractivity contribution in [2.45, 2.75) is 37.1 Å². The highest BCUT2D eigenvalue weighted by molar-refractivity contribution is 8.14. The van der Waals surface area contributed by atoms with E-state index >= 15 is 4.39 Å². The summed E-state index contributed by atoms with van der Waals surface area (Å²) in [5, 5.41) is 1.49. The summed E-state index contributed by atoms with van der Waals surface area (Å²) in [7, 11) is 0. The van der Waals surface area contributed by atoms with Crippen molar-refractivity contribution in [3.63, 3.8) is 0 Å². The van der Waals surface area contributed by atoms with Gasteiger partial charge in [0.2, 0.25) is 0 Å². The molecule has 140 valence electrons. The zero-order chi connectivity index (χ0) is 18.4. The molecular formula is C21H23FN4S. The van der Waals surface area contributed by atoms with Crippen LogP contribution >= 0.6 is 11.8 Å². The predicted octanol–water partition coefficient (Wildman–Crippen LogP) is 4.41. The highest BCUT2D eigenvalue weighted by atomic mass is 32.2. The molecule has 0 spiro atoms. The molecule has 5 rings (SSSR count). The molecule has 0 N–H and O–H groups in total. The van der Waals surface area contributed by atoms with Crippen LogP contribution in [-0.2, 0) is 0 Å². The minimum absolute atomic E-state index is 0.125. The molecular weight excluding hydrogens is 359 g/mol. The van der Waals surface area contributed by atoms with Crippen molar-refractivity contribution >= 4 is 22.6 Å². The summed E-state index contributed by atoms with van der Waals surface area (Å²) in [5.41, 5.74) is 2.62. The van der Waals surface area contributed by atoms with E-state index < -0.39 is 0 Å². The van der Waals surface area contributed by atoms with Crippen LogP contribution in [0.25, 0.3) is 0 Å². The Labute approximate surface area is 163 Å². The first-order chi connectivity index (χ1) is 13.2. The van der Waals surface area contributed by atoms with Crippen molar-refractivity contribution in [1.29, 1.82) is 0 Å². The van der Waals surface area contributed by atoms with Gasteiger partial charge in [-0.25, -0.2) is 4.39 Å². The molecule has 4 heterocycles. The first-order valence-corrected chi connectivity index (χ1v) is 10.5. The van der Waals surface area contributed by atoms with Gasteiger partial charge in [0.15, 0.2) is 5.17 Å². The van der Waals surface area contributed by atoms with E-state index in [1.165, 1.54) is 12.8 Å². The number of halogens is 1. The molecule has 1 aromatic heterocycles. The predicted molar refractivity (Wildman–Crippen MR) is 109 cm³/mol. The number of hydrogen-bond acceptors (Lipinski definition) is 5. The number of amidine groups is 1. The molecule has 4 nitrogen and oxygen atoms in total. The molecule has 3 aliphatic heterocycles. The molecule has 2 fully saturated rings. The zero-order valence-corrected chi connectivity index (χ0v) is 16.2. The molecule has 1 aromatic carbocycles. The van der Waals surface area contributed by atoms with Crippen molar-refractivity contribution in [3.8, 4) is 0 Å². The van der Waals surface area contributed by atoms with Gasteiger partial charge >= 0.3 is 0 Å². The minimum atomic E-state index is -0.159. The number of anilines is 1. The van der Waals surface area contributed by atoms with Crippen LogP contribution in [-0.4, -0.2) is 39.9 Å². The number of hydrogen-bond donors (Lipinski definition) is 0. The van der Waals surface area contributed by atoms with Crippen LogP contribution in [0.15, 0.2) is 47.6 Å². The second kappa shape index (κ2) is 6.82. The second-order valence-electron chi connectivity index (χ2n) is 7.54. The molecule has 2 saturated heterocycles. The third kappa shape index (κ3) is 3.00. The third-order valence-electron chi connectivity index (χ3n) is 5.66. The number of benzene rings is 1. The quantitative estimate of drug-likeness (QED) is 0.787. The van der Waals surface area contributed by atoms with Crippen LogP contribution in [0.2, 0.25) is 0 Å². The first kappa shape index (κ1) is 17.0. The number of fused-ring (bicyclic) bond motifs is 1. The van der Waals surface area contributed by atoms with Crippen LogP contribution < -0.4 is 4.90 Å². The van der Waals surface area contributed by atoms with E-state index in [0.29, 0.717) is 5.25 Å². The Morgan fingerprint density at radius 1 is 1.15 bits per heavy atom. The Bertz CT molecular complexity index is 866. The number of thioether (sulfide) groups is 1. The minimum Gasteiger partial charge on any atom is -0.371 e. The van der Waals surface area contributed by atoms with E-state index in [0.717, 1.165) is 41.7 Å². The van der Waals surface area contributed by atoms with Crippen molar-refractivity contribution in [2.75, 3.05) is 24.5 Å². The summed E-state index contributed by atoms with van der Waals surface area (Å²) in [5.74, 6) is -0.133. The number of nitrogens with zero attached hydrogens (tertiary/aromatic N) is 4. The highest BCUT2D eigenvalue weighted by Gasteiger charge is 2.44. The van der Waals surface area contributed by atoms with Gasteiger partial charge in [0, 0.05) is 42.3 Å². The molecule has 0 aliphatic carbocycles. The maximum absolute atomic E-state index is 15.3. The van der Waals surface area contributed by atoms with Crippen molar-refractivity contribution in [2.24, 2.45) is 4.99 Å². The molecule has 0 radical (unpaired) electrons. The molecule has 3 atom stereocenters. The van der Waals surface area contributed by atoms with Crippen LogP contribution in [0.4, 0.5) is 10.1 Å². The lowest BCUT2D eigenvalue weighted by Gasteiger charge is -2.28. The maximum Gasteiger partial charge on any atom is 0.160 e. The van der Waals surface area contributed by atoms with Gasteiger partial charge in [-0.2, -0.15) is 0 Å². The number of rotatable bonds is 3. The largest absolute Gasteiger partial charge is 0.371 e. The molecule has 3 aliphatic rings. The fraction of sp³-hybridized carbons (Fsp3) is 0.429. The third-order valence-corrected chi connectivity index (χ3v) is 6.76. The topological polar surface area (TPSA) is 31.7 Å². The fourth-order valence-corrected chi connectivity index (χ4v) is 5.47. The normalized spacial score (nSPS) is 27.2. The van der Waals surface area contributed by atoms with E-state index in [9.17, 15) is 0 Å². The van der Waals surface area contributed by atoms with E-state index in [4.69, 9.17) is 4.99 Å². The molecule has 2 aromatic rings. The van der Waals surface area contributed by atoms with Gasteiger partial charge in [0.1, 0.15) is 11.9 Å². The molecule has 6 heteroatoms. The summed E-state index contributed by atoms with van der Waals surface area (Å²) in [6.45, 7) is 5.13. The Balaban J connectivity index is 1.53. The van der Waals surface area contributed by atoms with Crippen molar-refractivity contribution in [3.05, 3.63) is 59.7 Å². The smallest absolute Gasteiger partial charge is 0.160 e. The number of pyridine rings is 1. The fourth-order valence-electron chi connectivity index (χ4n) is 4.38. The second-order valence-corrected chi connectivity index (χ2v) is 8.94. The van der Waals surface area contributed by atoms with Gasteiger partial charge in [0.05, 0.1) is 11.7 Å². The summed E-state index contributed by atoms with van der Waals surface area (Å²) in [4.78, 5) is 14.0. The SMILES string of the molecule is C[C@@H]1CN2C(=N[C@H](c3ccccn3)[C@@H]2c2ccc(N3CCCC3)cc2F)S1. The summed E-state index contributed by atoms with van der Waals surface area (Å²) < 4.78 is 15.3. The molecule has 0 amide bonds. The van der Waals surface area contributed by atoms with Crippen LogP contribution in [0, 0.1) is 5.82 Å². The van der Waals surface area contributed by atoms with Gasteiger partial charge in [-0.3, -0.25) is 9.98 Å². The van der Waals surface area contributed by atoms with E-state index in [-0.39, 0.29) is 17.9 Å². The number of aromatic nitrogens is 1. The van der Waals surface area contributed by atoms with Crippen molar-refractivity contribution < 1.29 is 4.39 Å². The lowest BCUT2D eigenvalue weighted by atomic mass is 9.95.